The maximum Gasteiger partial charge on any atom is 0.194 e. The number of aliphatic hydroxyl groups is 1. The minimum atomic E-state index is -0.624. The van der Waals surface area contributed by atoms with E-state index in [1.54, 1.807) is 12.4 Å². The molecule has 3 heterocycles. The van der Waals surface area contributed by atoms with Crippen molar-refractivity contribution in [3.8, 4) is 0 Å². The predicted octanol–water partition coefficient (Wildman–Crippen LogP) is 1.30. The zero-order chi connectivity index (χ0) is 18.2. The van der Waals surface area contributed by atoms with Crippen molar-refractivity contribution in [2.45, 2.75) is 13.0 Å². The van der Waals surface area contributed by atoms with Gasteiger partial charge in [0.1, 0.15) is 5.82 Å². The summed E-state index contributed by atoms with van der Waals surface area (Å²) in [5.74, 6) is 1.86. The third-order valence-electron chi connectivity index (χ3n) is 4.39. The maximum absolute atomic E-state index is 10.3. The molecule has 1 aliphatic heterocycles. The zero-order valence-electron chi connectivity index (χ0n) is 15.1. The Labute approximate surface area is 154 Å². The molecule has 1 atom stereocenters. The molecule has 0 aliphatic carbocycles. The average molecular weight is 354 g/mol. The van der Waals surface area contributed by atoms with Crippen LogP contribution in [-0.2, 0) is 0 Å². The van der Waals surface area contributed by atoms with Crippen LogP contribution >= 0.6 is 0 Å². The van der Waals surface area contributed by atoms with Gasteiger partial charge in [-0.15, -0.1) is 0 Å². The molecule has 0 bridgehead atoms. The van der Waals surface area contributed by atoms with Crippen LogP contribution in [0.1, 0.15) is 18.6 Å². The van der Waals surface area contributed by atoms with Crippen molar-refractivity contribution >= 4 is 11.8 Å². The lowest BCUT2D eigenvalue weighted by Crippen LogP contribution is -2.52. The number of aromatic nitrogens is 2. The number of nitrogens with zero attached hydrogens (tertiary/aromatic N) is 5. The Morgan fingerprint density at radius 2 is 1.92 bits per heavy atom. The number of aliphatic hydroxyl groups excluding tert-OH is 1. The number of piperazine rings is 1. The first-order valence-electron chi connectivity index (χ1n) is 9.05. The summed E-state index contributed by atoms with van der Waals surface area (Å²) in [6.07, 6.45) is 4.57. The van der Waals surface area contributed by atoms with Crippen molar-refractivity contribution in [3.05, 3.63) is 54.5 Å². The number of hydrogen-bond donors (Lipinski definition) is 2. The third-order valence-corrected chi connectivity index (χ3v) is 4.39. The summed E-state index contributed by atoms with van der Waals surface area (Å²) in [5.41, 5.74) is 0.833. The highest BCUT2D eigenvalue weighted by molar-refractivity contribution is 5.80. The van der Waals surface area contributed by atoms with Gasteiger partial charge in [-0.2, -0.15) is 0 Å². The molecule has 1 fully saturated rings. The monoisotopic (exact) mass is 354 g/mol. The topological polar surface area (TPSA) is 76.9 Å². The molecule has 26 heavy (non-hydrogen) atoms. The van der Waals surface area contributed by atoms with Gasteiger partial charge in [0.15, 0.2) is 5.96 Å². The van der Waals surface area contributed by atoms with Crippen LogP contribution in [0.15, 0.2) is 53.9 Å². The number of nitrogens with one attached hydrogen (secondary N) is 1. The number of aliphatic imine (C=N–C) groups is 1. The van der Waals surface area contributed by atoms with Crippen LogP contribution in [0.2, 0.25) is 0 Å². The largest absolute Gasteiger partial charge is 0.386 e. The molecule has 0 radical (unpaired) electrons. The molecule has 0 amide bonds. The molecule has 7 heteroatoms. The van der Waals surface area contributed by atoms with Gasteiger partial charge < -0.3 is 20.2 Å². The molecule has 0 saturated carbocycles. The van der Waals surface area contributed by atoms with Gasteiger partial charge in [0.2, 0.25) is 0 Å². The summed E-state index contributed by atoms with van der Waals surface area (Å²) < 4.78 is 0. The average Bonchev–Trinajstić information content (AvgIpc) is 2.72. The molecule has 1 aliphatic rings. The first-order chi connectivity index (χ1) is 12.8. The van der Waals surface area contributed by atoms with E-state index in [4.69, 9.17) is 0 Å². The van der Waals surface area contributed by atoms with Gasteiger partial charge in [0.05, 0.1) is 12.6 Å². The van der Waals surface area contributed by atoms with E-state index in [1.807, 2.05) is 36.5 Å². The Hall–Kier alpha value is -2.67. The van der Waals surface area contributed by atoms with Crippen LogP contribution in [0.4, 0.5) is 5.82 Å². The van der Waals surface area contributed by atoms with Gasteiger partial charge in [-0.05, 0) is 36.8 Å². The lowest BCUT2D eigenvalue weighted by atomic mass is 10.1. The fraction of sp³-hybridized carbons (Fsp3) is 0.421. The molecule has 1 saturated heterocycles. The Bertz CT molecular complexity index is 686. The van der Waals surface area contributed by atoms with Gasteiger partial charge in [-0.3, -0.25) is 9.98 Å². The Balaban J connectivity index is 1.59. The summed E-state index contributed by atoms with van der Waals surface area (Å²) in [6.45, 7) is 6.71. The standard InChI is InChI=1S/C19H26N6O/c1-2-21-19(23-15-17(26)16-6-9-20-10-7-16)25-13-11-24(12-14-25)18-5-3-4-8-22-18/h3-10,17,26H,2,11-15H2,1H3,(H,21,23). The number of guanidine groups is 1. The summed E-state index contributed by atoms with van der Waals surface area (Å²) in [4.78, 5) is 17.6. The van der Waals surface area contributed by atoms with E-state index in [1.165, 1.54) is 0 Å². The van der Waals surface area contributed by atoms with Crippen LogP contribution < -0.4 is 10.2 Å². The van der Waals surface area contributed by atoms with Crippen LogP contribution in [-0.4, -0.2) is 65.2 Å². The van der Waals surface area contributed by atoms with E-state index in [0.29, 0.717) is 6.54 Å². The highest BCUT2D eigenvalue weighted by atomic mass is 16.3. The van der Waals surface area contributed by atoms with Gasteiger partial charge in [-0.25, -0.2) is 4.98 Å². The van der Waals surface area contributed by atoms with E-state index >= 15 is 0 Å². The lowest BCUT2D eigenvalue weighted by molar-refractivity contribution is 0.186. The number of pyridine rings is 2. The first kappa shape index (κ1) is 18.1. The van der Waals surface area contributed by atoms with Gasteiger partial charge >= 0.3 is 0 Å². The molecule has 2 N–H and O–H groups in total. The van der Waals surface area contributed by atoms with E-state index in [2.05, 4.69) is 37.0 Å². The lowest BCUT2D eigenvalue weighted by Gasteiger charge is -2.37. The molecular formula is C19H26N6O. The van der Waals surface area contributed by atoms with Crippen molar-refractivity contribution in [1.82, 2.24) is 20.2 Å². The van der Waals surface area contributed by atoms with Crippen molar-refractivity contribution in [2.24, 2.45) is 4.99 Å². The van der Waals surface area contributed by atoms with Crippen molar-refractivity contribution in [1.29, 1.82) is 0 Å². The van der Waals surface area contributed by atoms with Gasteiger partial charge in [0.25, 0.3) is 0 Å². The molecule has 2 aromatic heterocycles. The van der Waals surface area contributed by atoms with Crippen LogP contribution in [0, 0.1) is 0 Å². The van der Waals surface area contributed by atoms with E-state index in [9.17, 15) is 5.11 Å². The second kappa shape index (κ2) is 9.15. The summed E-state index contributed by atoms with van der Waals surface area (Å²) in [6, 6.07) is 9.63. The highest BCUT2D eigenvalue weighted by Gasteiger charge is 2.20. The fourth-order valence-electron chi connectivity index (χ4n) is 2.98. The Morgan fingerprint density at radius 1 is 1.15 bits per heavy atom. The van der Waals surface area contributed by atoms with E-state index in [-0.39, 0.29) is 0 Å². The molecule has 3 rings (SSSR count). The van der Waals surface area contributed by atoms with Crippen LogP contribution in [0.3, 0.4) is 0 Å². The number of rotatable bonds is 5. The summed E-state index contributed by atoms with van der Waals surface area (Å²) >= 11 is 0. The summed E-state index contributed by atoms with van der Waals surface area (Å²) in [7, 11) is 0. The predicted molar refractivity (Wildman–Crippen MR) is 103 cm³/mol. The summed E-state index contributed by atoms with van der Waals surface area (Å²) in [5, 5.41) is 13.7. The van der Waals surface area contributed by atoms with E-state index in [0.717, 1.165) is 50.1 Å². The zero-order valence-corrected chi connectivity index (χ0v) is 15.1. The Morgan fingerprint density at radius 3 is 2.58 bits per heavy atom. The molecule has 1 unspecified atom stereocenters. The SMILES string of the molecule is CCNC(=NCC(O)c1ccncc1)N1CCN(c2ccccn2)CC1. The molecule has 138 valence electrons. The first-order valence-corrected chi connectivity index (χ1v) is 9.05. The van der Waals surface area contributed by atoms with Crippen molar-refractivity contribution in [2.75, 3.05) is 44.2 Å². The number of hydrogen-bond acceptors (Lipinski definition) is 5. The van der Waals surface area contributed by atoms with Crippen LogP contribution in [0.5, 0.6) is 0 Å². The third kappa shape index (κ3) is 4.70. The minimum absolute atomic E-state index is 0.326. The smallest absolute Gasteiger partial charge is 0.194 e. The second-order valence-electron chi connectivity index (χ2n) is 6.15. The van der Waals surface area contributed by atoms with Gasteiger partial charge in [0, 0.05) is 51.3 Å². The van der Waals surface area contributed by atoms with Crippen LogP contribution in [0.25, 0.3) is 0 Å². The fourth-order valence-corrected chi connectivity index (χ4v) is 2.98. The minimum Gasteiger partial charge on any atom is -0.386 e. The van der Waals surface area contributed by atoms with Gasteiger partial charge in [-0.1, -0.05) is 6.07 Å². The molecular weight excluding hydrogens is 328 g/mol. The van der Waals surface area contributed by atoms with E-state index < -0.39 is 6.10 Å². The normalized spacial score (nSPS) is 16.5. The highest BCUT2D eigenvalue weighted by Crippen LogP contribution is 2.14. The second-order valence-corrected chi connectivity index (χ2v) is 6.15. The van der Waals surface area contributed by atoms with Crippen molar-refractivity contribution in [3.63, 3.8) is 0 Å². The molecule has 0 aromatic carbocycles. The molecule has 0 spiro atoms. The molecule has 7 nitrogen and oxygen atoms in total. The number of anilines is 1. The quantitative estimate of drug-likeness (QED) is 0.623. The maximum atomic E-state index is 10.3. The molecule has 2 aromatic rings. The van der Waals surface area contributed by atoms with Crippen molar-refractivity contribution < 1.29 is 5.11 Å². The Kier molecular flexibility index (Phi) is 6.38.